The summed E-state index contributed by atoms with van der Waals surface area (Å²) in [5.41, 5.74) is 0.783. The van der Waals surface area contributed by atoms with Gasteiger partial charge < -0.3 is 10.1 Å². The number of benzene rings is 2. The van der Waals surface area contributed by atoms with E-state index >= 15 is 0 Å². The average Bonchev–Trinajstić information content (AvgIpc) is 2.55. The molecule has 2 aromatic rings. The van der Waals surface area contributed by atoms with Crippen molar-refractivity contribution in [2.24, 2.45) is 0 Å². The van der Waals surface area contributed by atoms with Crippen LogP contribution in [-0.2, 0) is 4.79 Å². The number of nitrogens with zero attached hydrogens (tertiary/aromatic N) is 1. The summed E-state index contributed by atoms with van der Waals surface area (Å²) in [5.74, 6) is 0.803. The van der Waals surface area contributed by atoms with Crippen LogP contribution in [0.25, 0.3) is 0 Å². The largest absolute Gasteiger partial charge is 0.492 e. The van der Waals surface area contributed by atoms with E-state index in [-0.39, 0.29) is 11.9 Å². The van der Waals surface area contributed by atoms with Crippen LogP contribution in [0.4, 0.5) is 5.69 Å². The first-order valence-corrected chi connectivity index (χ1v) is 8.30. The predicted molar refractivity (Wildman–Crippen MR) is 96.8 cm³/mol. The van der Waals surface area contributed by atoms with Crippen LogP contribution in [0.3, 0.4) is 0 Å². The van der Waals surface area contributed by atoms with E-state index in [1.54, 1.807) is 0 Å². The number of hydrogen-bond acceptors (Lipinski definition) is 3. The zero-order valence-electron chi connectivity index (χ0n) is 13.3. The summed E-state index contributed by atoms with van der Waals surface area (Å²) in [5, 5.41) is 2.92. The lowest BCUT2D eigenvalue weighted by atomic mass is 10.2. The molecule has 0 aliphatic rings. The minimum atomic E-state index is -0.242. The Balaban J connectivity index is 1.79. The third kappa shape index (κ3) is 5.69. The zero-order valence-corrected chi connectivity index (χ0v) is 14.9. The molecule has 122 valence electrons. The highest BCUT2D eigenvalue weighted by molar-refractivity contribution is 9.10. The van der Waals surface area contributed by atoms with E-state index in [0.29, 0.717) is 13.2 Å². The molecule has 1 N–H and O–H groups in total. The minimum absolute atomic E-state index is 0.0367. The van der Waals surface area contributed by atoms with Crippen LogP contribution >= 0.6 is 15.9 Å². The number of carbonyl (C=O) groups is 1. The molecule has 0 heterocycles. The van der Waals surface area contributed by atoms with Crippen molar-refractivity contribution in [1.29, 1.82) is 0 Å². The number of para-hydroxylation sites is 1. The molecule has 0 aliphatic carbocycles. The SMILES string of the molecule is CC(C(=O)Nc1cccc(Br)c1)N(C)CCOc1ccccc1. The Kier molecular flexibility index (Phi) is 6.62. The van der Waals surface area contributed by atoms with Gasteiger partial charge in [-0.05, 0) is 44.3 Å². The number of anilines is 1. The van der Waals surface area contributed by atoms with E-state index in [1.807, 2.05) is 73.5 Å². The summed E-state index contributed by atoms with van der Waals surface area (Å²) in [6, 6.07) is 17.0. The van der Waals surface area contributed by atoms with Gasteiger partial charge in [-0.3, -0.25) is 9.69 Å². The van der Waals surface area contributed by atoms with E-state index in [0.717, 1.165) is 15.9 Å². The highest BCUT2D eigenvalue weighted by Gasteiger charge is 2.18. The van der Waals surface area contributed by atoms with Gasteiger partial charge in [-0.15, -0.1) is 0 Å². The van der Waals surface area contributed by atoms with Crippen molar-refractivity contribution in [2.45, 2.75) is 13.0 Å². The molecule has 0 saturated carbocycles. The number of ether oxygens (including phenoxy) is 1. The number of hydrogen-bond donors (Lipinski definition) is 1. The Morgan fingerprint density at radius 1 is 1.22 bits per heavy atom. The zero-order chi connectivity index (χ0) is 16.7. The van der Waals surface area contributed by atoms with Gasteiger partial charge >= 0.3 is 0 Å². The summed E-state index contributed by atoms with van der Waals surface area (Å²) in [6.07, 6.45) is 0. The van der Waals surface area contributed by atoms with Crippen molar-refractivity contribution in [3.05, 3.63) is 59.1 Å². The van der Waals surface area contributed by atoms with E-state index < -0.39 is 0 Å². The Labute approximate surface area is 145 Å². The molecule has 1 unspecified atom stereocenters. The van der Waals surface area contributed by atoms with Crippen LogP contribution < -0.4 is 10.1 Å². The van der Waals surface area contributed by atoms with Gasteiger partial charge in [-0.2, -0.15) is 0 Å². The van der Waals surface area contributed by atoms with Crippen molar-refractivity contribution in [3.63, 3.8) is 0 Å². The minimum Gasteiger partial charge on any atom is -0.492 e. The molecule has 0 spiro atoms. The second-order valence-corrected chi connectivity index (χ2v) is 6.23. The van der Waals surface area contributed by atoms with Crippen LogP contribution in [0.1, 0.15) is 6.92 Å². The topological polar surface area (TPSA) is 41.6 Å². The van der Waals surface area contributed by atoms with Crippen molar-refractivity contribution < 1.29 is 9.53 Å². The summed E-state index contributed by atoms with van der Waals surface area (Å²) >= 11 is 3.40. The summed E-state index contributed by atoms with van der Waals surface area (Å²) in [4.78, 5) is 14.3. The first kappa shape index (κ1) is 17.5. The number of halogens is 1. The molecule has 1 atom stereocenters. The van der Waals surface area contributed by atoms with E-state index in [2.05, 4.69) is 21.2 Å². The number of amides is 1. The van der Waals surface area contributed by atoms with Gasteiger partial charge in [-0.25, -0.2) is 0 Å². The molecule has 2 rings (SSSR count). The maximum absolute atomic E-state index is 12.3. The van der Waals surface area contributed by atoms with Gasteiger partial charge in [0.05, 0.1) is 6.04 Å². The lowest BCUT2D eigenvalue weighted by Crippen LogP contribution is -2.41. The molecule has 0 aliphatic heterocycles. The number of carbonyl (C=O) groups excluding carboxylic acids is 1. The second kappa shape index (κ2) is 8.70. The normalized spacial score (nSPS) is 12.0. The standard InChI is InChI=1S/C18H21BrN2O2/c1-14(18(22)20-16-8-6-7-15(19)13-16)21(2)11-12-23-17-9-4-3-5-10-17/h3-10,13-14H,11-12H2,1-2H3,(H,20,22). The molecule has 5 heteroatoms. The average molecular weight is 377 g/mol. The molecule has 0 aromatic heterocycles. The number of rotatable bonds is 7. The van der Waals surface area contributed by atoms with Gasteiger partial charge in [0, 0.05) is 16.7 Å². The summed E-state index contributed by atoms with van der Waals surface area (Å²) < 4.78 is 6.60. The Morgan fingerprint density at radius 2 is 1.96 bits per heavy atom. The van der Waals surface area contributed by atoms with Crippen molar-refractivity contribution in [2.75, 3.05) is 25.5 Å². The number of nitrogens with one attached hydrogen (secondary N) is 1. The van der Waals surface area contributed by atoms with Crippen molar-refractivity contribution >= 4 is 27.5 Å². The quantitative estimate of drug-likeness (QED) is 0.799. The fraction of sp³-hybridized carbons (Fsp3) is 0.278. The van der Waals surface area contributed by atoms with Crippen LogP contribution in [0.5, 0.6) is 5.75 Å². The smallest absolute Gasteiger partial charge is 0.241 e. The maximum atomic E-state index is 12.3. The predicted octanol–water partition coefficient (Wildman–Crippen LogP) is 3.79. The highest BCUT2D eigenvalue weighted by Crippen LogP contribution is 2.16. The lowest BCUT2D eigenvalue weighted by Gasteiger charge is -2.23. The lowest BCUT2D eigenvalue weighted by molar-refractivity contribution is -0.120. The van der Waals surface area contributed by atoms with Crippen LogP contribution in [0.15, 0.2) is 59.1 Å². The van der Waals surface area contributed by atoms with Gasteiger partial charge in [0.25, 0.3) is 0 Å². The van der Waals surface area contributed by atoms with E-state index in [1.165, 1.54) is 0 Å². The van der Waals surface area contributed by atoms with Gasteiger partial charge in [-0.1, -0.05) is 40.2 Å². The van der Waals surface area contributed by atoms with E-state index in [4.69, 9.17) is 4.74 Å². The second-order valence-electron chi connectivity index (χ2n) is 5.32. The van der Waals surface area contributed by atoms with Gasteiger partial charge in [0.1, 0.15) is 12.4 Å². The van der Waals surface area contributed by atoms with E-state index in [9.17, 15) is 4.79 Å². The molecule has 4 nitrogen and oxygen atoms in total. The molecule has 0 fully saturated rings. The molecular formula is C18H21BrN2O2. The molecule has 2 aromatic carbocycles. The Morgan fingerprint density at radius 3 is 2.65 bits per heavy atom. The van der Waals surface area contributed by atoms with Crippen molar-refractivity contribution in [3.8, 4) is 5.75 Å². The Hall–Kier alpha value is -1.85. The Bertz CT molecular complexity index is 634. The van der Waals surface area contributed by atoms with Gasteiger partial charge in [0.2, 0.25) is 5.91 Å². The van der Waals surface area contributed by atoms with Crippen molar-refractivity contribution in [1.82, 2.24) is 4.90 Å². The maximum Gasteiger partial charge on any atom is 0.241 e. The molecule has 0 bridgehead atoms. The molecular weight excluding hydrogens is 356 g/mol. The molecule has 23 heavy (non-hydrogen) atoms. The fourth-order valence-electron chi connectivity index (χ4n) is 2.03. The first-order chi connectivity index (χ1) is 11.1. The molecule has 0 radical (unpaired) electrons. The number of likely N-dealkylation sites (N-methyl/N-ethyl adjacent to an activating group) is 1. The summed E-state index contributed by atoms with van der Waals surface area (Å²) in [7, 11) is 1.92. The third-order valence-electron chi connectivity index (χ3n) is 3.59. The third-order valence-corrected chi connectivity index (χ3v) is 4.08. The fourth-order valence-corrected chi connectivity index (χ4v) is 2.43. The molecule has 1 amide bonds. The summed E-state index contributed by atoms with van der Waals surface area (Å²) in [6.45, 7) is 3.09. The molecule has 0 saturated heterocycles. The monoisotopic (exact) mass is 376 g/mol. The van der Waals surface area contributed by atoms with Crippen LogP contribution in [0.2, 0.25) is 0 Å². The van der Waals surface area contributed by atoms with Gasteiger partial charge in [0.15, 0.2) is 0 Å². The van der Waals surface area contributed by atoms with Crippen LogP contribution in [0, 0.1) is 0 Å². The first-order valence-electron chi connectivity index (χ1n) is 7.51. The van der Waals surface area contributed by atoms with Crippen LogP contribution in [-0.4, -0.2) is 37.0 Å². The highest BCUT2D eigenvalue weighted by atomic mass is 79.9.